The van der Waals surface area contributed by atoms with Gasteiger partial charge in [-0.25, -0.2) is 0 Å². The monoisotopic (exact) mass is 227 g/mol. The number of rotatable bonds is 8. The van der Waals surface area contributed by atoms with Gasteiger partial charge in [0.15, 0.2) is 0 Å². The third-order valence-electron chi connectivity index (χ3n) is 3.36. The molecule has 0 aliphatic rings. The predicted octanol–water partition coefficient (Wildman–Crippen LogP) is 3.26. The lowest BCUT2D eigenvalue weighted by molar-refractivity contribution is 0.138. The Balaban J connectivity index is 4.10. The lowest BCUT2D eigenvalue weighted by Crippen LogP contribution is -2.51. The van der Waals surface area contributed by atoms with Crippen LogP contribution >= 0.6 is 0 Å². The Bertz CT molecular complexity index is 195. The molecule has 16 heavy (non-hydrogen) atoms. The van der Waals surface area contributed by atoms with Gasteiger partial charge in [0.25, 0.3) is 0 Å². The molecule has 0 saturated carbocycles. The highest BCUT2D eigenvalue weighted by Crippen LogP contribution is 2.16. The summed E-state index contributed by atoms with van der Waals surface area (Å²) in [6.45, 7) is 11.0. The lowest BCUT2D eigenvalue weighted by atomic mass is 9.92. The van der Waals surface area contributed by atoms with Crippen molar-refractivity contribution in [1.82, 2.24) is 5.32 Å². The molecule has 0 rings (SSSR count). The van der Waals surface area contributed by atoms with Crippen LogP contribution in [0, 0.1) is 0 Å². The number of aliphatic hydroxyl groups is 1. The molecule has 2 nitrogen and oxygen atoms in total. The van der Waals surface area contributed by atoms with E-state index >= 15 is 0 Å². The van der Waals surface area contributed by atoms with Gasteiger partial charge < -0.3 is 10.4 Å². The number of hydrogen-bond acceptors (Lipinski definition) is 2. The van der Waals surface area contributed by atoms with Crippen LogP contribution in [0.25, 0.3) is 0 Å². The Morgan fingerprint density at radius 1 is 1.31 bits per heavy atom. The molecule has 1 unspecified atom stereocenters. The second-order valence-corrected chi connectivity index (χ2v) is 5.05. The van der Waals surface area contributed by atoms with E-state index in [0.29, 0.717) is 6.04 Å². The Morgan fingerprint density at radius 2 is 1.88 bits per heavy atom. The zero-order valence-corrected chi connectivity index (χ0v) is 11.6. The Morgan fingerprint density at radius 3 is 2.25 bits per heavy atom. The van der Waals surface area contributed by atoms with Gasteiger partial charge in [0, 0.05) is 11.6 Å². The fourth-order valence-corrected chi connectivity index (χ4v) is 1.94. The average molecular weight is 227 g/mol. The molecule has 0 bridgehead atoms. The van der Waals surface area contributed by atoms with Crippen molar-refractivity contribution < 1.29 is 5.11 Å². The van der Waals surface area contributed by atoms with Crippen LogP contribution in [0.2, 0.25) is 0 Å². The average Bonchev–Trinajstić information content (AvgIpc) is 2.25. The molecule has 0 heterocycles. The van der Waals surface area contributed by atoms with Crippen LogP contribution in [0.1, 0.15) is 60.3 Å². The van der Waals surface area contributed by atoms with Crippen LogP contribution in [0.5, 0.6) is 0 Å². The highest BCUT2D eigenvalue weighted by molar-refractivity contribution is 4.94. The van der Waals surface area contributed by atoms with Crippen LogP contribution < -0.4 is 5.32 Å². The van der Waals surface area contributed by atoms with E-state index in [0.717, 1.165) is 25.7 Å². The molecule has 2 heteroatoms. The number of hydrogen-bond donors (Lipinski definition) is 2. The van der Waals surface area contributed by atoms with Gasteiger partial charge in [-0.2, -0.15) is 0 Å². The van der Waals surface area contributed by atoms with Crippen molar-refractivity contribution in [1.29, 1.82) is 0 Å². The highest BCUT2D eigenvalue weighted by atomic mass is 16.3. The van der Waals surface area contributed by atoms with Crippen LogP contribution in [-0.4, -0.2) is 23.3 Å². The maximum atomic E-state index is 9.46. The summed E-state index contributed by atoms with van der Waals surface area (Å²) < 4.78 is 0. The van der Waals surface area contributed by atoms with E-state index in [9.17, 15) is 5.11 Å². The second-order valence-electron chi connectivity index (χ2n) is 5.05. The molecule has 0 aromatic rings. The third-order valence-corrected chi connectivity index (χ3v) is 3.36. The van der Waals surface area contributed by atoms with Gasteiger partial charge >= 0.3 is 0 Å². The van der Waals surface area contributed by atoms with Crippen LogP contribution in [0.3, 0.4) is 0 Å². The number of allylic oxidation sites excluding steroid dienone is 2. The van der Waals surface area contributed by atoms with Crippen molar-refractivity contribution in [2.45, 2.75) is 71.9 Å². The summed E-state index contributed by atoms with van der Waals surface area (Å²) in [6.07, 6.45) is 6.48. The molecule has 2 N–H and O–H groups in total. The van der Waals surface area contributed by atoms with Crippen LogP contribution in [-0.2, 0) is 0 Å². The van der Waals surface area contributed by atoms with E-state index in [1.807, 2.05) is 0 Å². The van der Waals surface area contributed by atoms with E-state index in [1.165, 1.54) is 5.57 Å². The van der Waals surface area contributed by atoms with Crippen LogP contribution in [0.4, 0.5) is 0 Å². The van der Waals surface area contributed by atoms with E-state index in [4.69, 9.17) is 0 Å². The Hall–Kier alpha value is -0.340. The second kappa shape index (κ2) is 7.86. The van der Waals surface area contributed by atoms with Crippen LogP contribution in [0.15, 0.2) is 11.6 Å². The highest BCUT2D eigenvalue weighted by Gasteiger charge is 2.25. The van der Waals surface area contributed by atoms with Gasteiger partial charge in [-0.15, -0.1) is 0 Å². The van der Waals surface area contributed by atoms with Crippen molar-refractivity contribution in [2.24, 2.45) is 0 Å². The molecule has 0 aliphatic heterocycles. The molecule has 1 atom stereocenters. The standard InChI is InChI=1S/C14H29NO/c1-6-14(7-2,11-16)15-13(5)10-8-9-12(3)4/h9,13,15-16H,6-8,10-11H2,1-5H3. The first kappa shape index (κ1) is 15.7. The summed E-state index contributed by atoms with van der Waals surface area (Å²) >= 11 is 0. The lowest BCUT2D eigenvalue weighted by Gasteiger charge is -2.34. The molecule has 0 saturated heterocycles. The van der Waals surface area contributed by atoms with E-state index in [2.05, 4.69) is 46.0 Å². The van der Waals surface area contributed by atoms with Crippen molar-refractivity contribution in [3.05, 3.63) is 11.6 Å². The van der Waals surface area contributed by atoms with E-state index < -0.39 is 0 Å². The SMILES string of the molecule is CCC(CC)(CO)NC(C)CCC=C(C)C. The minimum Gasteiger partial charge on any atom is -0.394 e. The normalized spacial score (nSPS) is 13.6. The van der Waals surface area contributed by atoms with Crippen molar-refractivity contribution in [3.63, 3.8) is 0 Å². The van der Waals surface area contributed by atoms with Gasteiger partial charge in [-0.1, -0.05) is 25.5 Å². The van der Waals surface area contributed by atoms with Crippen molar-refractivity contribution >= 4 is 0 Å². The third kappa shape index (κ3) is 5.66. The quantitative estimate of drug-likeness (QED) is 0.624. The largest absolute Gasteiger partial charge is 0.394 e. The predicted molar refractivity (Wildman–Crippen MR) is 71.7 cm³/mol. The molecule has 0 amide bonds. The first-order valence-electron chi connectivity index (χ1n) is 6.51. The Labute approximate surface area is 101 Å². The minimum absolute atomic E-state index is 0.0790. The first-order chi connectivity index (χ1) is 7.49. The van der Waals surface area contributed by atoms with Gasteiger partial charge in [0.2, 0.25) is 0 Å². The van der Waals surface area contributed by atoms with Crippen molar-refractivity contribution in [2.75, 3.05) is 6.61 Å². The fourth-order valence-electron chi connectivity index (χ4n) is 1.94. The molecule has 96 valence electrons. The smallest absolute Gasteiger partial charge is 0.0613 e. The molecule has 0 aromatic heterocycles. The summed E-state index contributed by atoms with van der Waals surface area (Å²) in [7, 11) is 0. The maximum Gasteiger partial charge on any atom is 0.0613 e. The Kier molecular flexibility index (Phi) is 7.69. The summed E-state index contributed by atoms with van der Waals surface area (Å²) in [5.41, 5.74) is 1.30. The van der Waals surface area contributed by atoms with E-state index in [1.54, 1.807) is 0 Å². The maximum absolute atomic E-state index is 9.46. The minimum atomic E-state index is -0.0790. The summed E-state index contributed by atoms with van der Waals surface area (Å²) in [4.78, 5) is 0. The number of nitrogens with one attached hydrogen (secondary N) is 1. The summed E-state index contributed by atoms with van der Waals surface area (Å²) in [6, 6.07) is 0.461. The van der Waals surface area contributed by atoms with Gasteiger partial charge in [0.1, 0.15) is 0 Å². The van der Waals surface area contributed by atoms with E-state index in [-0.39, 0.29) is 12.1 Å². The molecule has 0 aromatic carbocycles. The summed E-state index contributed by atoms with van der Waals surface area (Å²) in [5.74, 6) is 0. The zero-order valence-electron chi connectivity index (χ0n) is 11.6. The zero-order chi connectivity index (χ0) is 12.6. The first-order valence-corrected chi connectivity index (χ1v) is 6.51. The molecule has 0 spiro atoms. The summed E-state index contributed by atoms with van der Waals surface area (Å²) in [5, 5.41) is 13.0. The molecule has 0 radical (unpaired) electrons. The molecular formula is C14H29NO. The van der Waals surface area contributed by atoms with Crippen molar-refractivity contribution in [3.8, 4) is 0 Å². The fraction of sp³-hybridized carbons (Fsp3) is 0.857. The van der Waals surface area contributed by atoms with Gasteiger partial charge in [0.05, 0.1) is 6.61 Å². The molecular weight excluding hydrogens is 198 g/mol. The molecule has 0 fully saturated rings. The topological polar surface area (TPSA) is 32.3 Å². The molecule has 0 aliphatic carbocycles. The van der Waals surface area contributed by atoms with Gasteiger partial charge in [-0.05, 0) is 46.5 Å². The van der Waals surface area contributed by atoms with Gasteiger partial charge in [-0.3, -0.25) is 0 Å². The number of aliphatic hydroxyl groups excluding tert-OH is 1.